The van der Waals surface area contributed by atoms with Crippen molar-refractivity contribution < 1.29 is 4.74 Å². The Bertz CT molecular complexity index is 947. The maximum Gasteiger partial charge on any atom is 0.191 e. The molecule has 30 heavy (non-hydrogen) atoms. The van der Waals surface area contributed by atoms with Gasteiger partial charge in [0.05, 0.1) is 0 Å². The molecule has 0 spiro atoms. The lowest BCUT2D eigenvalue weighted by atomic mass is 10.2. The molecule has 3 aromatic rings. The second-order valence-corrected chi connectivity index (χ2v) is 7.53. The number of likely N-dealkylation sites (N-methyl/N-ethyl adjacent to an activating group) is 1. The first kappa shape index (κ1) is 21.7. The highest BCUT2D eigenvalue weighted by atomic mass is 16.5. The van der Waals surface area contributed by atoms with Gasteiger partial charge < -0.3 is 24.8 Å². The summed E-state index contributed by atoms with van der Waals surface area (Å²) in [6.45, 7) is 4.06. The van der Waals surface area contributed by atoms with Crippen LogP contribution in [0.1, 0.15) is 12.0 Å². The van der Waals surface area contributed by atoms with Gasteiger partial charge in [0.15, 0.2) is 5.96 Å². The smallest absolute Gasteiger partial charge is 0.191 e. The molecule has 3 rings (SSSR count). The first-order valence-electron chi connectivity index (χ1n) is 10.5. The number of aliphatic imine (C=N–C) groups is 1. The fourth-order valence-electron chi connectivity index (χ4n) is 3.32. The third kappa shape index (κ3) is 6.26. The minimum atomic E-state index is 0.667. The van der Waals surface area contributed by atoms with Crippen molar-refractivity contribution in [3.8, 4) is 5.75 Å². The zero-order chi connectivity index (χ0) is 21.2. The van der Waals surface area contributed by atoms with Crippen LogP contribution >= 0.6 is 0 Å². The van der Waals surface area contributed by atoms with Crippen LogP contribution in [-0.2, 0) is 13.1 Å². The van der Waals surface area contributed by atoms with E-state index >= 15 is 0 Å². The molecule has 0 saturated carbocycles. The Morgan fingerprint density at radius 2 is 1.83 bits per heavy atom. The number of benzene rings is 2. The van der Waals surface area contributed by atoms with Gasteiger partial charge in [-0.15, -0.1) is 0 Å². The Morgan fingerprint density at radius 1 is 1.03 bits per heavy atom. The fourth-order valence-corrected chi connectivity index (χ4v) is 3.32. The highest BCUT2D eigenvalue weighted by Crippen LogP contribution is 2.18. The number of aromatic nitrogens is 1. The van der Waals surface area contributed by atoms with E-state index < -0.39 is 0 Å². The summed E-state index contributed by atoms with van der Waals surface area (Å²) < 4.78 is 8.24. The molecule has 0 aliphatic rings. The van der Waals surface area contributed by atoms with E-state index in [0.29, 0.717) is 13.2 Å². The maximum atomic E-state index is 5.94. The third-order valence-corrected chi connectivity index (χ3v) is 4.99. The standard InChI is InChI=1S/C24H33N5O/c1-25-24(26-14-8-15-29-16-13-20-9-4-6-11-22(20)29)27-19-21-10-5-7-12-23(21)30-18-17-28(2)3/h4-7,9-13,16H,8,14-15,17-19H2,1-3H3,(H2,25,26,27). The molecular formula is C24H33N5O. The van der Waals surface area contributed by atoms with E-state index in [1.165, 1.54) is 10.9 Å². The summed E-state index contributed by atoms with van der Waals surface area (Å²) in [5.41, 5.74) is 2.41. The molecule has 0 fully saturated rings. The molecule has 0 unspecified atom stereocenters. The molecule has 0 aliphatic carbocycles. The van der Waals surface area contributed by atoms with Gasteiger partial charge in [-0.1, -0.05) is 36.4 Å². The Balaban J connectivity index is 1.44. The van der Waals surface area contributed by atoms with Gasteiger partial charge in [0.1, 0.15) is 12.4 Å². The maximum absolute atomic E-state index is 5.94. The number of guanidine groups is 1. The molecule has 1 heterocycles. The molecule has 6 heteroatoms. The SMILES string of the molecule is CN=C(NCCCn1ccc2ccccc21)NCc1ccccc1OCCN(C)C. The van der Waals surface area contributed by atoms with Gasteiger partial charge >= 0.3 is 0 Å². The van der Waals surface area contributed by atoms with Crippen molar-refractivity contribution >= 4 is 16.9 Å². The lowest BCUT2D eigenvalue weighted by Crippen LogP contribution is -2.37. The van der Waals surface area contributed by atoms with E-state index in [0.717, 1.165) is 43.3 Å². The second kappa shape index (κ2) is 11.3. The van der Waals surface area contributed by atoms with Crippen molar-refractivity contribution in [3.63, 3.8) is 0 Å². The summed E-state index contributed by atoms with van der Waals surface area (Å²) in [6.07, 6.45) is 3.18. The first-order chi connectivity index (χ1) is 14.7. The average molecular weight is 408 g/mol. The number of nitrogens with zero attached hydrogens (tertiary/aromatic N) is 3. The molecule has 0 bridgehead atoms. The number of para-hydroxylation sites is 2. The number of fused-ring (bicyclic) bond motifs is 1. The molecule has 160 valence electrons. The van der Waals surface area contributed by atoms with Gasteiger partial charge in [-0.05, 0) is 44.1 Å². The molecule has 2 aromatic carbocycles. The molecule has 1 aromatic heterocycles. The summed E-state index contributed by atoms with van der Waals surface area (Å²) in [7, 11) is 5.89. The lowest BCUT2D eigenvalue weighted by molar-refractivity contribution is 0.259. The summed E-state index contributed by atoms with van der Waals surface area (Å²) in [4.78, 5) is 6.46. The van der Waals surface area contributed by atoms with Crippen molar-refractivity contribution in [3.05, 3.63) is 66.4 Å². The van der Waals surface area contributed by atoms with Crippen LogP contribution in [0.25, 0.3) is 10.9 Å². The van der Waals surface area contributed by atoms with Gasteiger partial charge in [-0.2, -0.15) is 0 Å². The normalized spacial score (nSPS) is 11.8. The van der Waals surface area contributed by atoms with Crippen LogP contribution in [0.5, 0.6) is 5.75 Å². The Labute approximate surface area is 179 Å². The third-order valence-electron chi connectivity index (χ3n) is 4.99. The highest BCUT2D eigenvalue weighted by Gasteiger charge is 2.05. The molecule has 2 N–H and O–H groups in total. The molecule has 0 atom stereocenters. The van der Waals surface area contributed by atoms with Gasteiger partial charge in [-0.25, -0.2) is 0 Å². The zero-order valence-electron chi connectivity index (χ0n) is 18.3. The number of hydrogen-bond acceptors (Lipinski definition) is 3. The second-order valence-electron chi connectivity index (χ2n) is 7.53. The van der Waals surface area contributed by atoms with Crippen molar-refractivity contribution in [1.82, 2.24) is 20.1 Å². The first-order valence-corrected chi connectivity index (χ1v) is 10.5. The average Bonchev–Trinajstić information content (AvgIpc) is 3.17. The summed E-state index contributed by atoms with van der Waals surface area (Å²) in [5.74, 6) is 1.72. The minimum absolute atomic E-state index is 0.667. The van der Waals surface area contributed by atoms with Crippen LogP contribution < -0.4 is 15.4 Å². The van der Waals surface area contributed by atoms with Gasteiger partial charge in [0.2, 0.25) is 0 Å². The lowest BCUT2D eigenvalue weighted by Gasteiger charge is -2.16. The molecule has 0 aliphatic heterocycles. The zero-order valence-corrected chi connectivity index (χ0v) is 18.3. The Morgan fingerprint density at radius 3 is 2.67 bits per heavy atom. The van der Waals surface area contributed by atoms with Crippen LogP contribution in [0.3, 0.4) is 0 Å². The van der Waals surface area contributed by atoms with E-state index in [9.17, 15) is 0 Å². The Hall–Kier alpha value is -2.99. The molecule has 0 saturated heterocycles. The van der Waals surface area contributed by atoms with E-state index in [-0.39, 0.29) is 0 Å². The summed E-state index contributed by atoms with van der Waals surface area (Å²) >= 11 is 0. The van der Waals surface area contributed by atoms with Crippen LogP contribution in [-0.4, -0.2) is 56.3 Å². The number of aryl methyl sites for hydroxylation is 1. The fraction of sp³-hybridized carbons (Fsp3) is 0.375. The largest absolute Gasteiger partial charge is 0.492 e. The topological polar surface area (TPSA) is 53.8 Å². The quantitative estimate of drug-likeness (QED) is 0.307. The van der Waals surface area contributed by atoms with Crippen LogP contribution in [0.15, 0.2) is 65.8 Å². The predicted octanol–water partition coefficient (Wildman–Crippen LogP) is 3.34. The van der Waals surface area contributed by atoms with Crippen molar-refractivity contribution in [1.29, 1.82) is 0 Å². The highest BCUT2D eigenvalue weighted by molar-refractivity contribution is 5.80. The van der Waals surface area contributed by atoms with Gasteiger partial charge in [0.25, 0.3) is 0 Å². The molecule has 0 amide bonds. The van der Waals surface area contributed by atoms with Gasteiger partial charge in [-0.3, -0.25) is 4.99 Å². The van der Waals surface area contributed by atoms with Crippen molar-refractivity contribution in [2.24, 2.45) is 4.99 Å². The molecule has 6 nitrogen and oxygen atoms in total. The van der Waals surface area contributed by atoms with Crippen LogP contribution in [0.2, 0.25) is 0 Å². The summed E-state index contributed by atoms with van der Waals surface area (Å²) in [6, 6.07) is 18.8. The number of ether oxygens (including phenoxy) is 1. The minimum Gasteiger partial charge on any atom is -0.492 e. The molecular weight excluding hydrogens is 374 g/mol. The number of rotatable bonds is 10. The number of hydrogen-bond donors (Lipinski definition) is 2. The molecule has 0 radical (unpaired) electrons. The summed E-state index contributed by atoms with van der Waals surface area (Å²) in [5, 5.41) is 8.08. The van der Waals surface area contributed by atoms with E-state index in [1.807, 2.05) is 32.3 Å². The van der Waals surface area contributed by atoms with Crippen LogP contribution in [0.4, 0.5) is 0 Å². The van der Waals surface area contributed by atoms with Crippen molar-refractivity contribution in [2.75, 3.05) is 40.8 Å². The van der Waals surface area contributed by atoms with Gasteiger partial charge in [0, 0.05) is 50.5 Å². The van der Waals surface area contributed by atoms with Crippen LogP contribution in [0, 0.1) is 0 Å². The van der Waals surface area contributed by atoms with E-state index in [4.69, 9.17) is 4.74 Å². The number of nitrogens with one attached hydrogen (secondary N) is 2. The monoisotopic (exact) mass is 407 g/mol. The van der Waals surface area contributed by atoms with E-state index in [2.05, 4.69) is 67.7 Å². The van der Waals surface area contributed by atoms with E-state index in [1.54, 1.807) is 7.05 Å². The predicted molar refractivity (Wildman–Crippen MR) is 125 cm³/mol. The van der Waals surface area contributed by atoms with Crippen molar-refractivity contribution in [2.45, 2.75) is 19.5 Å². The Kier molecular flexibility index (Phi) is 8.15.